The van der Waals surface area contributed by atoms with Crippen molar-refractivity contribution in [1.29, 1.82) is 0 Å². The van der Waals surface area contributed by atoms with Gasteiger partial charge in [0.15, 0.2) is 5.13 Å². The normalized spacial score (nSPS) is 10.8. The zero-order valence-electron chi connectivity index (χ0n) is 10.7. The lowest BCUT2D eigenvalue weighted by molar-refractivity contribution is -0.132. The van der Waals surface area contributed by atoms with E-state index in [4.69, 9.17) is 4.74 Å². The molecule has 0 saturated carbocycles. The lowest BCUT2D eigenvalue weighted by Crippen LogP contribution is -2.18. The third-order valence-electron chi connectivity index (χ3n) is 1.83. The van der Waals surface area contributed by atoms with Crippen molar-refractivity contribution in [3.63, 3.8) is 0 Å². The first-order valence-electron chi connectivity index (χ1n) is 5.27. The summed E-state index contributed by atoms with van der Waals surface area (Å²) in [6.07, 6.45) is -0.631. The number of esters is 1. The molecule has 1 heterocycles. The van der Waals surface area contributed by atoms with E-state index in [0.29, 0.717) is 5.33 Å². The van der Waals surface area contributed by atoms with E-state index in [1.807, 2.05) is 0 Å². The Morgan fingerprint density at radius 3 is 2.85 bits per heavy atom. The standard InChI is InChI=1S/C10H12BrN3O5S/c1-17-8(15)7(14-18-2)6-5-20-9(12-6)13-10(16)19-4-3-11/h5H,3-4H2,1-2H3,(H,12,13,16)/b14-7-. The van der Waals surface area contributed by atoms with Gasteiger partial charge in [0, 0.05) is 10.7 Å². The summed E-state index contributed by atoms with van der Waals surface area (Å²) in [5, 5.41) is 8.32. The molecule has 110 valence electrons. The van der Waals surface area contributed by atoms with Crippen molar-refractivity contribution in [3.05, 3.63) is 11.1 Å². The molecule has 1 N–H and O–H groups in total. The molecular weight excluding hydrogens is 354 g/mol. The Labute approximate surface area is 127 Å². The number of ether oxygens (including phenoxy) is 2. The van der Waals surface area contributed by atoms with Crippen LogP contribution >= 0.6 is 27.3 Å². The predicted octanol–water partition coefficient (Wildman–Crippen LogP) is 1.61. The molecule has 8 nitrogen and oxygen atoms in total. The number of oxime groups is 1. The quantitative estimate of drug-likeness (QED) is 0.355. The minimum atomic E-state index is -0.689. The molecule has 0 fully saturated rings. The highest BCUT2D eigenvalue weighted by Gasteiger charge is 2.19. The van der Waals surface area contributed by atoms with Crippen molar-refractivity contribution in [1.82, 2.24) is 4.98 Å². The van der Waals surface area contributed by atoms with E-state index in [2.05, 4.69) is 41.0 Å². The molecular formula is C10H12BrN3O5S. The highest BCUT2D eigenvalue weighted by Crippen LogP contribution is 2.17. The Balaban J connectivity index is 2.77. The fraction of sp³-hybridized carbons (Fsp3) is 0.400. The number of alkyl halides is 1. The average molecular weight is 366 g/mol. The number of rotatable bonds is 6. The summed E-state index contributed by atoms with van der Waals surface area (Å²) < 4.78 is 9.36. The van der Waals surface area contributed by atoms with Crippen molar-refractivity contribution in [2.75, 3.05) is 31.5 Å². The maximum absolute atomic E-state index is 11.5. The SMILES string of the molecule is CO/N=C(\C(=O)OC)c1csc(NC(=O)OCCBr)n1. The van der Waals surface area contributed by atoms with Crippen LogP contribution in [0.5, 0.6) is 0 Å². The van der Waals surface area contributed by atoms with Crippen LogP contribution in [0.4, 0.5) is 9.93 Å². The Hall–Kier alpha value is -1.68. The number of hydrogen-bond acceptors (Lipinski definition) is 8. The molecule has 0 spiro atoms. The van der Waals surface area contributed by atoms with Crippen LogP contribution in [0.25, 0.3) is 0 Å². The van der Waals surface area contributed by atoms with E-state index in [1.165, 1.54) is 19.6 Å². The number of aromatic nitrogens is 1. The van der Waals surface area contributed by atoms with Gasteiger partial charge in [-0.05, 0) is 0 Å². The molecule has 0 aliphatic carbocycles. The fourth-order valence-electron chi connectivity index (χ4n) is 1.07. The molecule has 1 aromatic heterocycles. The molecule has 0 aliphatic heterocycles. The summed E-state index contributed by atoms with van der Waals surface area (Å²) in [6.45, 7) is 0.239. The number of carbonyl (C=O) groups excluding carboxylic acids is 2. The van der Waals surface area contributed by atoms with Gasteiger partial charge in [0.1, 0.15) is 19.4 Å². The zero-order valence-corrected chi connectivity index (χ0v) is 13.1. The summed E-state index contributed by atoms with van der Waals surface area (Å²) in [5.74, 6) is -0.689. The summed E-state index contributed by atoms with van der Waals surface area (Å²) in [5.41, 5.74) is 0.146. The smallest absolute Gasteiger partial charge is 0.413 e. The van der Waals surface area contributed by atoms with Crippen LogP contribution in [0.2, 0.25) is 0 Å². The fourth-order valence-corrected chi connectivity index (χ4v) is 1.91. The number of nitrogens with zero attached hydrogens (tertiary/aromatic N) is 2. The maximum atomic E-state index is 11.5. The Bertz CT molecular complexity index is 505. The number of nitrogens with one attached hydrogen (secondary N) is 1. The number of amides is 1. The van der Waals surface area contributed by atoms with Crippen LogP contribution < -0.4 is 5.32 Å². The van der Waals surface area contributed by atoms with E-state index in [9.17, 15) is 9.59 Å². The second-order valence-corrected chi connectivity index (χ2v) is 4.75. The average Bonchev–Trinajstić information content (AvgIpc) is 2.89. The van der Waals surface area contributed by atoms with Crippen LogP contribution in [0.1, 0.15) is 5.69 Å². The number of hydrogen-bond donors (Lipinski definition) is 1. The van der Waals surface area contributed by atoms with Crippen LogP contribution in [-0.2, 0) is 19.1 Å². The second kappa shape index (κ2) is 8.48. The number of halogens is 1. The highest BCUT2D eigenvalue weighted by molar-refractivity contribution is 9.09. The molecule has 0 aromatic carbocycles. The number of anilines is 1. The molecule has 0 bridgehead atoms. The van der Waals surface area contributed by atoms with Crippen molar-refractivity contribution < 1.29 is 23.9 Å². The molecule has 0 atom stereocenters. The molecule has 0 unspecified atom stereocenters. The van der Waals surface area contributed by atoms with Crippen molar-refractivity contribution in [2.24, 2.45) is 5.16 Å². The molecule has 10 heteroatoms. The lowest BCUT2D eigenvalue weighted by atomic mass is 10.3. The monoisotopic (exact) mass is 365 g/mol. The van der Waals surface area contributed by atoms with E-state index >= 15 is 0 Å². The van der Waals surface area contributed by atoms with Crippen LogP contribution in [0, 0.1) is 0 Å². The Morgan fingerprint density at radius 1 is 1.50 bits per heavy atom. The topological polar surface area (TPSA) is 99.1 Å². The van der Waals surface area contributed by atoms with E-state index in [0.717, 1.165) is 11.3 Å². The Morgan fingerprint density at radius 2 is 2.25 bits per heavy atom. The van der Waals surface area contributed by atoms with Gasteiger partial charge in [-0.3, -0.25) is 5.32 Å². The molecule has 20 heavy (non-hydrogen) atoms. The first-order valence-corrected chi connectivity index (χ1v) is 7.27. The minimum absolute atomic E-state index is 0.0897. The van der Waals surface area contributed by atoms with E-state index in [1.54, 1.807) is 0 Å². The van der Waals surface area contributed by atoms with Gasteiger partial charge in [0.25, 0.3) is 0 Å². The number of thiazole rings is 1. The van der Waals surface area contributed by atoms with Gasteiger partial charge in [-0.1, -0.05) is 21.1 Å². The van der Waals surface area contributed by atoms with Gasteiger partial charge < -0.3 is 14.3 Å². The summed E-state index contributed by atoms with van der Waals surface area (Å²) >= 11 is 4.24. The van der Waals surface area contributed by atoms with Crippen LogP contribution in [-0.4, -0.2) is 48.9 Å². The number of carbonyl (C=O) groups is 2. The number of methoxy groups -OCH3 is 1. The zero-order chi connectivity index (χ0) is 15.0. The third-order valence-corrected chi connectivity index (χ3v) is 2.91. The third kappa shape index (κ3) is 4.78. The van der Waals surface area contributed by atoms with Crippen molar-refractivity contribution >= 4 is 50.2 Å². The molecule has 0 radical (unpaired) electrons. The summed E-state index contributed by atoms with van der Waals surface area (Å²) in [4.78, 5) is 31.4. The van der Waals surface area contributed by atoms with Crippen LogP contribution in [0.15, 0.2) is 10.5 Å². The molecule has 1 rings (SSSR count). The lowest BCUT2D eigenvalue weighted by Gasteiger charge is -2.02. The van der Waals surface area contributed by atoms with Gasteiger partial charge in [0.2, 0.25) is 5.71 Å². The van der Waals surface area contributed by atoms with Gasteiger partial charge in [-0.2, -0.15) is 0 Å². The minimum Gasteiger partial charge on any atom is -0.464 e. The summed E-state index contributed by atoms with van der Waals surface area (Å²) in [7, 11) is 2.52. The molecule has 0 saturated heterocycles. The van der Waals surface area contributed by atoms with Gasteiger partial charge in [-0.25, -0.2) is 14.6 Å². The molecule has 1 aromatic rings. The van der Waals surface area contributed by atoms with Crippen LogP contribution in [0.3, 0.4) is 0 Å². The van der Waals surface area contributed by atoms with Crippen molar-refractivity contribution in [3.8, 4) is 0 Å². The van der Waals surface area contributed by atoms with Gasteiger partial charge in [-0.15, -0.1) is 11.3 Å². The molecule has 0 aliphatic rings. The molecule has 1 amide bonds. The van der Waals surface area contributed by atoms with E-state index < -0.39 is 12.1 Å². The van der Waals surface area contributed by atoms with E-state index in [-0.39, 0.29) is 23.1 Å². The Kier molecular flexibility index (Phi) is 6.94. The van der Waals surface area contributed by atoms with Crippen molar-refractivity contribution in [2.45, 2.75) is 0 Å². The largest absolute Gasteiger partial charge is 0.464 e. The predicted molar refractivity (Wildman–Crippen MR) is 76.4 cm³/mol. The second-order valence-electron chi connectivity index (χ2n) is 3.10. The van der Waals surface area contributed by atoms with Gasteiger partial charge >= 0.3 is 12.1 Å². The first kappa shape index (κ1) is 16.4. The maximum Gasteiger partial charge on any atom is 0.413 e. The first-order chi connectivity index (χ1) is 9.62. The highest BCUT2D eigenvalue weighted by atomic mass is 79.9. The van der Waals surface area contributed by atoms with Gasteiger partial charge in [0.05, 0.1) is 7.11 Å². The summed E-state index contributed by atoms with van der Waals surface area (Å²) in [6, 6.07) is 0.